The number of rotatable bonds is 6. The van der Waals surface area contributed by atoms with Crippen molar-refractivity contribution in [3.05, 3.63) is 16.2 Å². The van der Waals surface area contributed by atoms with E-state index in [4.69, 9.17) is 5.73 Å². The number of nitrogens with two attached hydrogens (primary N) is 1. The first-order valence-electron chi connectivity index (χ1n) is 6.73. The minimum absolute atomic E-state index is 0.0859. The Kier molecular flexibility index (Phi) is 4.84. The average Bonchev–Trinajstić information content (AvgIpc) is 3.10. The predicted octanol–water partition coefficient (Wildman–Crippen LogP) is 2.53. The highest BCUT2D eigenvalue weighted by molar-refractivity contribution is 8.04. The van der Waals surface area contributed by atoms with Crippen molar-refractivity contribution in [2.24, 2.45) is 0 Å². The largest absolute Gasteiger partial charge is 0.392 e. The van der Waals surface area contributed by atoms with Crippen LogP contribution in [0.4, 0.5) is 5.69 Å². The van der Waals surface area contributed by atoms with E-state index in [2.05, 4.69) is 11.9 Å². The van der Waals surface area contributed by atoms with Gasteiger partial charge in [0.15, 0.2) is 0 Å². The molecule has 0 bridgehead atoms. The fourth-order valence-corrected chi connectivity index (χ4v) is 4.69. The molecule has 106 valence electrons. The van der Waals surface area contributed by atoms with Gasteiger partial charge in [-0.05, 0) is 25.5 Å². The average molecular weight is 299 g/mol. The molecule has 4 nitrogen and oxygen atoms in total. The van der Waals surface area contributed by atoms with Gasteiger partial charge >= 0.3 is 0 Å². The van der Waals surface area contributed by atoms with Gasteiger partial charge in [0.1, 0.15) is 16.5 Å². The summed E-state index contributed by atoms with van der Waals surface area (Å²) >= 11 is 3.65. The molecule has 2 unspecified atom stereocenters. The van der Waals surface area contributed by atoms with Crippen molar-refractivity contribution in [1.82, 2.24) is 9.55 Å². The fourth-order valence-electron chi connectivity index (χ4n) is 2.04. The molecule has 1 saturated carbocycles. The van der Waals surface area contributed by atoms with Gasteiger partial charge in [0.25, 0.3) is 5.56 Å². The smallest absolute Gasteiger partial charge is 0.277 e. The molecular weight excluding hydrogens is 278 g/mol. The summed E-state index contributed by atoms with van der Waals surface area (Å²) in [4.78, 5) is 16.7. The van der Waals surface area contributed by atoms with E-state index in [1.807, 2.05) is 25.6 Å². The van der Waals surface area contributed by atoms with Crippen LogP contribution in [-0.2, 0) is 6.54 Å². The normalized spacial score (nSPS) is 21.6. The number of nitrogens with zero attached hydrogens (tertiary/aromatic N) is 2. The second kappa shape index (κ2) is 6.22. The highest BCUT2D eigenvalue weighted by Gasteiger charge is 2.38. The molecule has 6 heteroatoms. The van der Waals surface area contributed by atoms with Gasteiger partial charge in [-0.25, -0.2) is 4.98 Å². The summed E-state index contributed by atoms with van der Waals surface area (Å²) in [6.45, 7) is 6.78. The number of hydrogen-bond acceptors (Lipinski definition) is 5. The third-order valence-corrected chi connectivity index (χ3v) is 5.94. The first-order chi connectivity index (χ1) is 9.08. The van der Waals surface area contributed by atoms with E-state index in [9.17, 15) is 4.79 Å². The SMILES string of the molecule is CCCn1c(C)nc(SC2CC2SCC)c(N)c1=O. The number of nitrogen functional groups attached to an aromatic ring is 1. The molecule has 1 heterocycles. The standard InChI is InChI=1S/C13H21N3OS2/c1-4-6-16-8(3)15-12(11(14)13(16)17)19-10-7-9(10)18-5-2/h9-10H,4-7,14H2,1-3H3. The van der Waals surface area contributed by atoms with Crippen LogP contribution in [0.15, 0.2) is 9.82 Å². The van der Waals surface area contributed by atoms with Crippen molar-refractivity contribution in [1.29, 1.82) is 0 Å². The molecule has 19 heavy (non-hydrogen) atoms. The number of thioether (sulfide) groups is 2. The maximum Gasteiger partial charge on any atom is 0.277 e. The van der Waals surface area contributed by atoms with Gasteiger partial charge in [0, 0.05) is 17.0 Å². The summed E-state index contributed by atoms with van der Waals surface area (Å²) in [6.07, 6.45) is 2.10. The Hall–Kier alpha value is -0.620. The van der Waals surface area contributed by atoms with Crippen molar-refractivity contribution < 1.29 is 0 Å². The lowest BCUT2D eigenvalue weighted by Gasteiger charge is -2.11. The summed E-state index contributed by atoms with van der Waals surface area (Å²) in [6, 6.07) is 0. The highest BCUT2D eigenvalue weighted by Crippen LogP contribution is 2.47. The van der Waals surface area contributed by atoms with E-state index in [-0.39, 0.29) is 5.56 Å². The van der Waals surface area contributed by atoms with Crippen LogP contribution in [0.1, 0.15) is 32.5 Å². The number of aryl methyl sites for hydroxylation is 1. The molecule has 1 aliphatic carbocycles. The number of anilines is 1. The second-order valence-corrected chi connectivity index (χ2v) is 7.46. The summed E-state index contributed by atoms with van der Waals surface area (Å²) in [5, 5.41) is 1.99. The molecule has 1 aromatic rings. The number of hydrogen-bond donors (Lipinski definition) is 1. The van der Waals surface area contributed by atoms with E-state index in [0.29, 0.717) is 22.7 Å². The Bertz CT molecular complexity index is 515. The van der Waals surface area contributed by atoms with E-state index in [0.717, 1.165) is 23.0 Å². The molecule has 1 aromatic heterocycles. The second-order valence-electron chi connectivity index (χ2n) is 4.72. The first-order valence-corrected chi connectivity index (χ1v) is 8.66. The summed E-state index contributed by atoms with van der Waals surface area (Å²) in [7, 11) is 0. The van der Waals surface area contributed by atoms with Crippen molar-refractivity contribution in [3.63, 3.8) is 0 Å². The number of aromatic nitrogens is 2. The Morgan fingerprint density at radius 1 is 1.42 bits per heavy atom. The molecule has 0 aromatic carbocycles. The molecule has 0 amide bonds. The lowest BCUT2D eigenvalue weighted by molar-refractivity contribution is 0.611. The lowest BCUT2D eigenvalue weighted by Crippen LogP contribution is -2.27. The molecule has 2 N–H and O–H groups in total. The molecule has 0 saturated heterocycles. The third-order valence-electron chi connectivity index (χ3n) is 3.13. The van der Waals surface area contributed by atoms with Gasteiger partial charge < -0.3 is 5.73 Å². The highest BCUT2D eigenvalue weighted by atomic mass is 32.2. The topological polar surface area (TPSA) is 60.9 Å². The Labute approximate surface area is 122 Å². The van der Waals surface area contributed by atoms with Crippen molar-refractivity contribution in [2.75, 3.05) is 11.5 Å². The van der Waals surface area contributed by atoms with Crippen molar-refractivity contribution >= 4 is 29.2 Å². The first kappa shape index (κ1) is 14.8. The zero-order valence-corrected chi connectivity index (χ0v) is 13.3. The lowest BCUT2D eigenvalue weighted by atomic mass is 10.4. The maximum atomic E-state index is 12.2. The molecular formula is C13H21N3OS2. The minimum atomic E-state index is -0.0859. The van der Waals surface area contributed by atoms with E-state index in [1.165, 1.54) is 6.42 Å². The Balaban J connectivity index is 2.17. The molecule has 0 spiro atoms. The van der Waals surface area contributed by atoms with Crippen LogP contribution in [-0.4, -0.2) is 25.8 Å². The van der Waals surface area contributed by atoms with Gasteiger partial charge in [-0.3, -0.25) is 9.36 Å². The van der Waals surface area contributed by atoms with Crippen LogP contribution < -0.4 is 11.3 Å². The molecule has 2 rings (SSSR count). The quantitative estimate of drug-likeness (QED) is 0.818. The zero-order chi connectivity index (χ0) is 14.0. The van der Waals surface area contributed by atoms with Crippen LogP contribution >= 0.6 is 23.5 Å². The Morgan fingerprint density at radius 2 is 2.16 bits per heavy atom. The summed E-state index contributed by atoms with van der Waals surface area (Å²) in [5.74, 6) is 1.91. The van der Waals surface area contributed by atoms with E-state index < -0.39 is 0 Å². The molecule has 2 atom stereocenters. The van der Waals surface area contributed by atoms with Crippen LogP contribution in [0.25, 0.3) is 0 Å². The van der Waals surface area contributed by atoms with Gasteiger partial charge in [0.2, 0.25) is 0 Å². The van der Waals surface area contributed by atoms with Gasteiger partial charge in [-0.1, -0.05) is 25.6 Å². The van der Waals surface area contributed by atoms with Crippen LogP contribution in [0.2, 0.25) is 0 Å². The molecule has 0 radical (unpaired) electrons. The predicted molar refractivity (Wildman–Crippen MR) is 84.1 cm³/mol. The maximum absolute atomic E-state index is 12.2. The van der Waals surface area contributed by atoms with Crippen molar-refractivity contribution in [2.45, 2.75) is 55.7 Å². The molecule has 1 fully saturated rings. The van der Waals surface area contributed by atoms with Gasteiger partial charge in [-0.2, -0.15) is 11.8 Å². The van der Waals surface area contributed by atoms with Gasteiger partial charge in [-0.15, -0.1) is 0 Å². The third kappa shape index (κ3) is 3.28. The van der Waals surface area contributed by atoms with Crippen LogP contribution in [0.5, 0.6) is 0 Å². The molecule has 0 aliphatic heterocycles. The monoisotopic (exact) mass is 299 g/mol. The van der Waals surface area contributed by atoms with Crippen molar-refractivity contribution in [3.8, 4) is 0 Å². The van der Waals surface area contributed by atoms with Crippen LogP contribution in [0.3, 0.4) is 0 Å². The zero-order valence-electron chi connectivity index (χ0n) is 11.7. The van der Waals surface area contributed by atoms with Gasteiger partial charge in [0.05, 0.1) is 0 Å². The minimum Gasteiger partial charge on any atom is -0.392 e. The fraction of sp³-hybridized carbons (Fsp3) is 0.692. The van der Waals surface area contributed by atoms with E-state index in [1.54, 1.807) is 16.3 Å². The Morgan fingerprint density at radius 3 is 2.79 bits per heavy atom. The van der Waals surface area contributed by atoms with E-state index >= 15 is 0 Å². The summed E-state index contributed by atoms with van der Waals surface area (Å²) in [5.41, 5.74) is 6.18. The molecule has 1 aliphatic rings. The summed E-state index contributed by atoms with van der Waals surface area (Å²) < 4.78 is 1.67. The van der Waals surface area contributed by atoms with Crippen LogP contribution in [0, 0.1) is 6.92 Å².